The van der Waals surface area contributed by atoms with Gasteiger partial charge in [0.05, 0.1) is 6.20 Å². The van der Waals surface area contributed by atoms with Crippen molar-refractivity contribution >= 4 is 5.82 Å². The maximum atomic E-state index is 5.47. The average Bonchev–Trinajstić information content (AvgIpc) is 3.12. The van der Waals surface area contributed by atoms with E-state index in [0.717, 1.165) is 38.3 Å². The number of nitrogens with zero attached hydrogens (tertiary/aromatic N) is 3. The van der Waals surface area contributed by atoms with Crippen LogP contribution in [0.5, 0.6) is 0 Å². The Hall–Kier alpha value is -2.73. The fraction of sp³-hybridized carbons (Fsp3) is 0.316. The molecule has 1 saturated heterocycles. The Morgan fingerprint density at radius 1 is 1.16 bits per heavy atom. The molecule has 0 saturated carbocycles. The topological polar surface area (TPSA) is 60.7 Å². The molecule has 0 atom stereocenters. The molecule has 0 unspecified atom stereocenters. The second kappa shape index (κ2) is 7.03. The minimum absolute atomic E-state index is 0.677. The van der Waals surface area contributed by atoms with Gasteiger partial charge in [0.1, 0.15) is 26.2 Å². The lowest BCUT2D eigenvalue weighted by atomic mass is 10.1. The normalized spacial score (nSPS) is 15.5. The number of anilines is 1. The highest BCUT2D eigenvalue weighted by Crippen LogP contribution is 2.16. The van der Waals surface area contributed by atoms with E-state index >= 15 is 0 Å². The van der Waals surface area contributed by atoms with Crippen molar-refractivity contribution in [2.45, 2.75) is 13.5 Å². The van der Waals surface area contributed by atoms with Gasteiger partial charge in [0.2, 0.25) is 5.82 Å². The van der Waals surface area contributed by atoms with E-state index in [0.29, 0.717) is 11.7 Å². The molecule has 0 aliphatic carbocycles. The molecular formula is C19H23N5O+2. The fourth-order valence-corrected chi connectivity index (χ4v) is 3.26. The van der Waals surface area contributed by atoms with Gasteiger partial charge in [-0.2, -0.15) is 4.98 Å². The van der Waals surface area contributed by atoms with E-state index in [1.165, 1.54) is 16.3 Å². The summed E-state index contributed by atoms with van der Waals surface area (Å²) in [5.41, 5.74) is 2.21. The maximum absolute atomic E-state index is 5.47. The van der Waals surface area contributed by atoms with E-state index in [9.17, 15) is 0 Å². The largest absolute Gasteiger partial charge is 0.333 e. The Labute approximate surface area is 147 Å². The summed E-state index contributed by atoms with van der Waals surface area (Å²) in [5.74, 6) is 2.57. The van der Waals surface area contributed by atoms with Gasteiger partial charge >= 0.3 is 0 Å². The van der Waals surface area contributed by atoms with Gasteiger partial charge in [-0.1, -0.05) is 35.0 Å². The number of hydrogen-bond donors (Lipinski definition) is 1. The zero-order valence-electron chi connectivity index (χ0n) is 14.4. The van der Waals surface area contributed by atoms with Crippen LogP contribution in [0.2, 0.25) is 0 Å². The monoisotopic (exact) mass is 337 g/mol. The van der Waals surface area contributed by atoms with Crippen LogP contribution in [0.25, 0.3) is 11.4 Å². The summed E-state index contributed by atoms with van der Waals surface area (Å²) in [4.78, 5) is 11.7. The fourth-order valence-electron chi connectivity index (χ4n) is 3.26. The first-order chi connectivity index (χ1) is 12.3. The first-order valence-corrected chi connectivity index (χ1v) is 8.73. The maximum Gasteiger partial charge on any atom is 0.282 e. The molecule has 2 aromatic heterocycles. The molecule has 25 heavy (non-hydrogen) atoms. The van der Waals surface area contributed by atoms with Crippen LogP contribution in [0.15, 0.2) is 53.2 Å². The lowest BCUT2D eigenvalue weighted by molar-refractivity contribution is -0.915. The summed E-state index contributed by atoms with van der Waals surface area (Å²) in [7, 11) is 0. The Morgan fingerprint density at radius 3 is 2.80 bits per heavy atom. The molecule has 6 nitrogen and oxygen atoms in total. The van der Waals surface area contributed by atoms with Crippen LogP contribution in [0, 0.1) is 6.92 Å². The summed E-state index contributed by atoms with van der Waals surface area (Å²) in [6, 6.07) is 14.4. The summed E-state index contributed by atoms with van der Waals surface area (Å²) in [6.45, 7) is 7.02. The van der Waals surface area contributed by atoms with Crippen molar-refractivity contribution in [3.05, 3.63) is 60.1 Å². The van der Waals surface area contributed by atoms with Crippen molar-refractivity contribution in [2.24, 2.45) is 0 Å². The molecule has 128 valence electrons. The van der Waals surface area contributed by atoms with Gasteiger partial charge in [-0.25, -0.2) is 4.98 Å². The summed E-state index contributed by atoms with van der Waals surface area (Å²) >= 11 is 0. The van der Waals surface area contributed by atoms with Crippen LogP contribution in [-0.4, -0.2) is 36.3 Å². The second-order valence-corrected chi connectivity index (χ2v) is 6.54. The molecule has 0 amide bonds. The summed E-state index contributed by atoms with van der Waals surface area (Å²) in [6.07, 6.45) is 1.97. The van der Waals surface area contributed by atoms with Gasteiger partial charge in [0, 0.05) is 11.6 Å². The van der Waals surface area contributed by atoms with Crippen molar-refractivity contribution in [2.75, 3.05) is 31.1 Å². The van der Waals surface area contributed by atoms with Crippen molar-refractivity contribution < 1.29 is 14.4 Å². The zero-order valence-corrected chi connectivity index (χ0v) is 14.4. The van der Waals surface area contributed by atoms with Gasteiger partial charge in [0.25, 0.3) is 11.7 Å². The molecule has 6 heteroatoms. The quantitative estimate of drug-likeness (QED) is 0.764. The SMILES string of the molecule is Cc1cccc(-c2noc(C[NH+]3CCN(c4cccc[nH+]4)CC3)n2)c1. The number of pyridine rings is 1. The number of quaternary nitrogens is 1. The second-order valence-electron chi connectivity index (χ2n) is 6.54. The van der Waals surface area contributed by atoms with Gasteiger partial charge in [-0.3, -0.25) is 4.90 Å². The van der Waals surface area contributed by atoms with Crippen molar-refractivity contribution in [1.82, 2.24) is 10.1 Å². The number of piperazine rings is 1. The molecule has 4 rings (SSSR count). The first-order valence-electron chi connectivity index (χ1n) is 8.73. The minimum Gasteiger partial charge on any atom is -0.333 e. The predicted molar refractivity (Wildman–Crippen MR) is 94.1 cm³/mol. The van der Waals surface area contributed by atoms with E-state index in [4.69, 9.17) is 4.52 Å². The number of nitrogens with one attached hydrogen (secondary N) is 2. The molecule has 3 aromatic rings. The Kier molecular flexibility index (Phi) is 4.43. The van der Waals surface area contributed by atoms with E-state index in [1.54, 1.807) is 0 Å². The van der Waals surface area contributed by atoms with Gasteiger partial charge in [-0.05, 0) is 19.1 Å². The Bertz CT molecular complexity index is 825. The number of benzene rings is 1. The third-order valence-corrected chi connectivity index (χ3v) is 4.65. The van der Waals surface area contributed by atoms with Gasteiger partial charge < -0.3 is 9.42 Å². The molecule has 0 bridgehead atoms. The number of aromatic amines is 1. The van der Waals surface area contributed by atoms with E-state index in [1.807, 2.05) is 24.4 Å². The smallest absolute Gasteiger partial charge is 0.282 e. The third kappa shape index (κ3) is 3.69. The summed E-state index contributed by atoms with van der Waals surface area (Å²) < 4.78 is 5.47. The van der Waals surface area contributed by atoms with Crippen LogP contribution in [-0.2, 0) is 6.54 Å². The van der Waals surface area contributed by atoms with Crippen molar-refractivity contribution in [3.63, 3.8) is 0 Å². The lowest BCUT2D eigenvalue weighted by Gasteiger charge is -2.27. The van der Waals surface area contributed by atoms with Crippen molar-refractivity contribution in [1.29, 1.82) is 0 Å². The molecule has 2 N–H and O–H groups in total. The van der Waals surface area contributed by atoms with Crippen molar-refractivity contribution in [3.8, 4) is 11.4 Å². The number of hydrogen-bond acceptors (Lipinski definition) is 4. The first kappa shape index (κ1) is 15.8. The van der Waals surface area contributed by atoms with Crippen LogP contribution < -0.4 is 14.8 Å². The highest BCUT2D eigenvalue weighted by Gasteiger charge is 2.27. The molecule has 3 heterocycles. The number of rotatable bonds is 4. The van der Waals surface area contributed by atoms with E-state index in [-0.39, 0.29) is 0 Å². The van der Waals surface area contributed by atoms with Crippen LogP contribution in [0.4, 0.5) is 5.82 Å². The van der Waals surface area contributed by atoms with E-state index in [2.05, 4.69) is 51.2 Å². The highest BCUT2D eigenvalue weighted by atomic mass is 16.5. The Balaban J connectivity index is 1.36. The summed E-state index contributed by atoms with van der Waals surface area (Å²) in [5, 5.41) is 4.14. The number of H-pyrrole nitrogens is 1. The third-order valence-electron chi connectivity index (χ3n) is 4.65. The molecule has 1 aliphatic heterocycles. The molecule has 1 fully saturated rings. The highest BCUT2D eigenvalue weighted by molar-refractivity contribution is 5.55. The Morgan fingerprint density at radius 2 is 2.04 bits per heavy atom. The molecule has 0 spiro atoms. The number of aromatic nitrogens is 3. The van der Waals surface area contributed by atoms with Gasteiger partial charge in [0.15, 0.2) is 6.54 Å². The lowest BCUT2D eigenvalue weighted by Crippen LogP contribution is -3.13. The van der Waals surface area contributed by atoms with Crippen LogP contribution >= 0.6 is 0 Å². The number of aryl methyl sites for hydroxylation is 1. The van der Waals surface area contributed by atoms with Gasteiger partial charge in [-0.15, -0.1) is 0 Å². The molecule has 0 radical (unpaired) electrons. The minimum atomic E-state index is 0.677. The molecule has 1 aliphatic rings. The molecular weight excluding hydrogens is 314 g/mol. The molecule has 1 aromatic carbocycles. The zero-order chi connectivity index (χ0) is 17.1. The van der Waals surface area contributed by atoms with E-state index < -0.39 is 0 Å². The van der Waals surface area contributed by atoms with Crippen LogP contribution in [0.1, 0.15) is 11.5 Å². The van der Waals surface area contributed by atoms with Crippen LogP contribution in [0.3, 0.4) is 0 Å². The predicted octanol–water partition coefficient (Wildman–Crippen LogP) is 0.764. The standard InChI is InChI=1S/C19H21N5O/c1-15-5-4-6-16(13-15)19-21-18(25-22-19)14-23-9-11-24(12-10-23)17-7-2-3-8-20-17/h2-8,13H,9-12,14H2,1H3/p+2. The average molecular weight is 337 g/mol.